The number of amides is 1. The summed E-state index contributed by atoms with van der Waals surface area (Å²) in [4.78, 5) is 24.6. The number of esters is 1. The maximum Gasteiger partial charge on any atom is 0.391 e. The molecule has 0 bridgehead atoms. The lowest BCUT2D eigenvalue weighted by molar-refractivity contribution is -0.179. The van der Waals surface area contributed by atoms with Crippen molar-refractivity contribution < 1.29 is 40.3 Å². The summed E-state index contributed by atoms with van der Waals surface area (Å²) < 4.78 is 88.0. The number of nitrogens with one attached hydrogen (secondary N) is 1. The highest BCUT2D eigenvalue weighted by Gasteiger charge is 2.47. The Hall–Kier alpha value is -2.70. The molecule has 0 saturated carbocycles. The minimum atomic E-state index is -4.70. The number of nitrogens with zero attached hydrogens (tertiary/aromatic N) is 1. The van der Waals surface area contributed by atoms with Gasteiger partial charge in [-0.05, 0) is 49.2 Å². The molecule has 0 radical (unpaired) electrons. The summed E-state index contributed by atoms with van der Waals surface area (Å²) in [7, 11) is -3.64. The minimum Gasteiger partial charge on any atom is -0.465 e. The number of carbonyl (C=O) groups is 2. The number of halogens is 5. The molecule has 13 heteroatoms. The van der Waals surface area contributed by atoms with Crippen LogP contribution in [0.25, 0.3) is 0 Å². The third-order valence-electron chi connectivity index (χ3n) is 5.67. The lowest BCUT2D eigenvalue weighted by Crippen LogP contribution is -2.49. The van der Waals surface area contributed by atoms with Crippen molar-refractivity contribution >= 4 is 33.5 Å². The number of methoxy groups -OCH3 is 1. The van der Waals surface area contributed by atoms with Gasteiger partial charge in [-0.25, -0.2) is 17.6 Å². The van der Waals surface area contributed by atoms with E-state index in [4.69, 9.17) is 11.6 Å². The Bertz CT molecular complexity index is 1210. The van der Waals surface area contributed by atoms with Gasteiger partial charge in [0.1, 0.15) is 11.9 Å². The largest absolute Gasteiger partial charge is 0.465 e. The fourth-order valence-corrected chi connectivity index (χ4v) is 5.50. The van der Waals surface area contributed by atoms with E-state index in [1.54, 1.807) is 0 Å². The summed E-state index contributed by atoms with van der Waals surface area (Å²) in [6.45, 7) is -1.22. The predicted octanol–water partition coefficient (Wildman–Crippen LogP) is 3.91. The van der Waals surface area contributed by atoms with Crippen LogP contribution in [-0.4, -0.2) is 50.5 Å². The molecule has 2 aromatic rings. The van der Waals surface area contributed by atoms with Gasteiger partial charge in [0.15, 0.2) is 0 Å². The number of rotatable bonds is 6. The monoisotopic (exact) mass is 536 g/mol. The number of sulfonamides is 1. The zero-order chi connectivity index (χ0) is 26.0. The summed E-state index contributed by atoms with van der Waals surface area (Å²) in [5.74, 6) is -4.94. The SMILES string of the molecule is COC(=O)c1cccc(F)c1CN(C1CC(C(F)(F)F)CCNC1=O)S(=O)(=O)c1ccc(Cl)cc1. The van der Waals surface area contributed by atoms with Crippen molar-refractivity contribution in [1.29, 1.82) is 0 Å². The van der Waals surface area contributed by atoms with Gasteiger partial charge in [-0.1, -0.05) is 17.7 Å². The van der Waals surface area contributed by atoms with E-state index in [-0.39, 0.29) is 22.0 Å². The number of benzene rings is 2. The first-order valence-corrected chi connectivity index (χ1v) is 12.2. The van der Waals surface area contributed by atoms with E-state index in [9.17, 15) is 35.6 Å². The van der Waals surface area contributed by atoms with Crippen LogP contribution in [0.3, 0.4) is 0 Å². The summed E-state index contributed by atoms with van der Waals surface area (Å²) in [6, 6.07) is 6.23. The average Bonchev–Trinajstić information content (AvgIpc) is 2.99. The topological polar surface area (TPSA) is 92.8 Å². The molecule has 1 aliphatic heterocycles. The molecular weight excluding hydrogens is 516 g/mol. The first-order valence-electron chi connectivity index (χ1n) is 10.3. The van der Waals surface area contributed by atoms with E-state index >= 15 is 0 Å². The summed E-state index contributed by atoms with van der Waals surface area (Å²) in [5, 5.41) is 2.50. The van der Waals surface area contributed by atoms with E-state index in [0.717, 1.165) is 25.3 Å². The molecule has 2 aromatic carbocycles. The summed E-state index contributed by atoms with van der Waals surface area (Å²) >= 11 is 5.83. The molecule has 35 heavy (non-hydrogen) atoms. The molecule has 3 rings (SSSR count). The summed E-state index contributed by atoms with van der Waals surface area (Å²) in [5.41, 5.74) is -0.775. The van der Waals surface area contributed by atoms with Crippen LogP contribution in [0.4, 0.5) is 17.6 Å². The molecule has 0 spiro atoms. The van der Waals surface area contributed by atoms with Crippen molar-refractivity contribution in [2.75, 3.05) is 13.7 Å². The van der Waals surface area contributed by atoms with E-state index in [0.29, 0.717) is 4.31 Å². The summed E-state index contributed by atoms with van der Waals surface area (Å²) in [6.07, 6.45) is -6.03. The first kappa shape index (κ1) is 26.9. The average molecular weight is 537 g/mol. The van der Waals surface area contributed by atoms with E-state index < -0.39 is 70.8 Å². The highest BCUT2D eigenvalue weighted by atomic mass is 35.5. The van der Waals surface area contributed by atoms with E-state index in [1.165, 1.54) is 24.3 Å². The number of hydrogen-bond donors (Lipinski definition) is 1. The molecule has 0 aliphatic carbocycles. The van der Waals surface area contributed by atoms with Gasteiger partial charge in [-0.2, -0.15) is 17.5 Å². The first-order chi connectivity index (χ1) is 16.4. The number of hydrogen-bond acceptors (Lipinski definition) is 5. The third-order valence-corrected chi connectivity index (χ3v) is 7.79. The third kappa shape index (κ3) is 5.93. The molecular formula is C22H21ClF4N2O5S. The normalized spacial score (nSPS) is 19.2. The number of carbonyl (C=O) groups excluding carboxylic acids is 2. The molecule has 190 valence electrons. The lowest BCUT2D eigenvalue weighted by atomic mass is 9.96. The van der Waals surface area contributed by atoms with Crippen LogP contribution in [-0.2, 0) is 26.1 Å². The van der Waals surface area contributed by atoms with Crippen molar-refractivity contribution in [2.45, 2.75) is 36.5 Å². The van der Waals surface area contributed by atoms with Crippen LogP contribution in [0.1, 0.15) is 28.8 Å². The molecule has 1 N–H and O–H groups in total. The predicted molar refractivity (Wildman–Crippen MR) is 117 cm³/mol. The Morgan fingerprint density at radius 2 is 1.86 bits per heavy atom. The van der Waals surface area contributed by atoms with Gasteiger partial charge in [-0.3, -0.25) is 4.79 Å². The molecule has 1 aliphatic rings. The standard InChI is InChI=1S/C22H21ClF4N2O5S/c1-34-21(31)16-3-2-4-18(24)17(16)12-29(35(32,33)15-7-5-14(23)6-8-15)19-11-13(22(25,26)27)9-10-28-20(19)30/h2-8,13,19H,9-12H2,1H3,(H,28,30). The maximum absolute atomic E-state index is 14.8. The van der Waals surface area contributed by atoms with Crippen molar-refractivity contribution in [2.24, 2.45) is 5.92 Å². The van der Waals surface area contributed by atoms with Crippen molar-refractivity contribution in [3.8, 4) is 0 Å². The van der Waals surface area contributed by atoms with Crippen LogP contribution in [0.5, 0.6) is 0 Å². The Balaban J connectivity index is 2.18. The van der Waals surface area contributed by atoms with Crippen LogP contribution in [0.2, 0.25) is 5.02 Å². The highest BCUT2D eigenvalue weighted by molar-refractivity contribution is 7.89. The molecule has 0 aromatic heterocycles. The molecule has 2 unspecified atom stereocenters. The van der Waals surface area contributed by atoms with Crippen molar-refractivity contribution in [3.63, 3.8) is 0 Å². The zero-order valence-corrected chi connectivity index (χ0v) is 19.9. The Labute approximate surface area is 204 Å². The van der Waals surface area contributed by atoms with Gasteiger partial charge in [0.25, 0.3) is 0 Å². The molecule has 1 heterocycles. The van der Waals surface area contributed by atoms with E-state index in [1.807, 2.05) is 0 Å². The van der Waals surface area contributed by atoms with Gasteiger partial charge in [0, 0.05) is 23.7 Å². The molecule has 1 fully saturated rings. The smallest absolute Gasteiger partial charge is 0.391 e. The van der Waals surface area contributed by atoms with Crippen LogP contribution in [0.15, 0.2) is 47.4 Å². The van der Waals surface area contributed by atoms with Crippen LogP contribution >= 0.6 is 11.6 Å². The highest BCUT2D eigenvalue weighted by Crippen LogP contribution is 2.36. The molecule has 1 saturated heterocycles. The zero-order valence-electron chi connectivity index (χ0n) is 18.3. The maximum atomic E-state index is 14.8. The van der Waals surface area contributed by atoms with Crippen LogP contribution in [0, 0.1) is 11.7 Å². The number of alkyl halides is 3. The van der Waals surface area contributed by atoms with Gasteiger partial charge < -0.3 is 10.1 Å². The minimum absolute atomic E-state index is 0.196. The second-order valence-corrected chi connectivity index (χ2v) is 10.2. The molecule has 2 atom stereocenters. The van der Waals surface area contributed by atoms with Gasteiger partial charge in [0.2, 0.25) is 15.9 Å². The Kier molecular flexibility index (Phi) is 8.07. The van der Waals surface area contributed by atoms with Crippen molar-refractivity contribution in [1.82, 2.24) is 9.62 Å². The fraction of sp³-hybridized carbons (Fsp3) is 0.364. The Morgan fingerprint density at radius 1 is 1.20 bits per heavy atom. The fourth-order valence-electron chi connectivity index (χ4n) is 3.81. The van der Waals surface area contributed by atoms with Crippen LogP contribution < -0.4 is 5.32 Å². The van der Waals surface area contributed by atoms with E-state index in [2.05, 4.69) is 10.1 Å². The lowest BCUT2D eigenvalue weighted by Gasteiger charge is -2.31. The molecule has 7 nitrogen and oxygen atoms in total. The van der Waals surface area contributed by atoms with Crippen molar-refractivity contribution in [3.05, 3.63) is 64.4 Å². The Morgan fingerprint density at radius 3 is 2.46 bits per heavy atom. The van der Waals surface area contributed by atoms with Gasteiger partial charge in [0.05, 0.1) is 23.5 Å². The number of ether oxygens (including phenoxy) is 1. The quantitative estimate of drug-likeness (QED) is 0.446. The molecule has 1 amide bonds. The second-order valence-electron chi connectivity index (χ2n) is 7.83. The van der Waals surface area contributed by atoms with Gasteiger partial charge >= 0.3 is 12.1 Å². The second kappa shape index (κ2) is 10.5. The van der Waals surface area contributed by atoms with Gasteiger partial charge in [-0.15, -0.1) is 0 Å².